The number of likely N-dealkylation sites (N-methyl/N-ethyl adjacent to an activating group) is 1. The third-order valence-electron chi connectivity index (χ3n) is 5.42. The molecule has 0 aromatic carbocycles. The van der Waals surface area contributed by atoms with Crippen LogP contribution in [0.5, 0.6) is 0 Å². The molecule has 0 amide bonds. The van der Waals surface area contributed by atoms with Gasteiger partial charge < -0.3 is 20.3 Å². The molecule has 0 aliphatic carbocycles. The summed E-state index contributed by atoms with van der Waals surface area (Å²) in [6.45, 7) is 5.10. The molecule has 3 aromatic rings. The van der Waals surface area contributed by atoms with E-state index in [1.54, 1.807) is 11.3 Å². The third-order valence-corrected chi connectivity index (χ3v) is 6.44. The molecule has 0 bridgehead atoms. The van der Waals surface area contributed by atoms with Gasteiger partial charge >= 0.3 is 0 Å². The molecule has 7 nitrogen and oxygen atoms in total. The summed E-state index contributed by atoms with van der Waals surface area (Å²) in [7, 11) is 2.15. The summed E-state index contributed by atoms with van der Waals surface area (Å²) < 4.78 is 6.50. The van der Waals surface area contributed by atoms with Crippen molar-refractivity contribution < 1.29 is 4.74 Å². The summed E-state index contributed by atoms with van der Waals surface area (Å²) in [6.07, 6.45) is 0.968. The lowest BCUT2D eigenvalue weighted by atomic mass is 9.97. The molecule has 5 heterocycles. The summed E-state index contributed by atoms with van der Waals surface area (Å²) in [4.78, 5) is 15.3. The molecule has 2 N–H and O–H groups in total. The molecule has 0 atom stereocenters. The fraction of sp³-hybridized carbons (Fsp3) is 0.421. The van der Waals surface area contributed by atoms with Crippen LogP contribution in [0.2, 0.25) is 0 Å². The molecule has 8 heteroatoms. The van der Waals surface area contributed by atoms with Crippen molar-refractivity contribution in [3.05, 3.63) is 22.8 Å². The van der Waals surface area contributed by atoms with Gasteiger partial charge in [0.1, 0.15) is 22.5 Å². The van der Waals surface area contributed by atoms with Gasteiger partial charge in [-0.05, 0) is 25.1 Å². The number of morpholine rings is 1. The fourth-order valence-corrected chi connectivity index (χ4v) is 5.13. The van der Waals surface area contributed by atoms with E-state index in [2.05, 4.69) is 27.9 Å². The number of aromatic nitrogens is 2. The van der Waals surface area contributed by atoms with Gasteiger partial charge in [0.2, 0.25) is 0 Å². The number of hydrogen-bond acceptors (Lipinski definition) is 8. The number of anilines is 2. The zero-order chi connectivity index (χ0) is 18.5. The number of hydrogen-bond donors (Lipinski definition) is 1. The van der Waals surface area contributed by atoms with Crippen LogP contribution < -0.4 is 10.6 Å². The van der Waals surface area contributed by atoms with Crippen molar-refractivity contribution in [3.8, 4) is 6.07 Å². The number of nitriles is 1. The van der Waals surface area contributed by atoms with Crippen molar-refractivity contribution in [2.24, 2.45) is 0 Å². The Balaban J connectivity index is 1.80. The second kappa shape index (κ2) is 6.30. The van der Waals surface area contributed by atoms with Crippen molar-refractivity contribution in [1.82, 2.24) is 14.9 Å². The van der Waals surface area contributed by atoms with Crippen LogP contribution in [0.1, 0.15) is 16.7 Å². The molecule has 2 aliphatic heterocycles. The zero-order valence-electron chi connectivity index (χ0n) is 15.2. The first kappa shape index (κ1) is 16.7. The average molecular weight is 380 g/mol. The van der Waals surface area contributed by atoms with Crippen LogP contribution in [-0.4, -0.2) is 54.8 Å². The molecule has 0 radical (unpaired) electrons. The molecule has 0 unspecified atom stereocenters. The number of nitrogens with zero attached hydrogens (tertiary/aromatic N) is 5. The Morgan fingerprint density at radius 1 is 1.22 bits per heavy atom. The number of fused-ring (bicyclic) bond motifs is 5. The van der Waals surface area contributed by atoms with E-state index in [0.29, 0.717) is 11.4 Å². The molecule has 27 heavy (non-hydrogen) atoms. The van der Waals surface area contributed by atoms with Gasteiger partial charge in [0.15, 0.2) is 0 Å². The lowest BCUT2D eigenvalue weighted by Crippen LogP contribution is -2.39. The van der Waals surface area contributed by atoms with E-state index in [1.165, 1.54) is 11.1 Å². The Bertz CT molecular complexity index is 1100. The van der Waals surface area contributed by atoms with Gasteiger partial charge in [-0.2, -0.15) is 5.26 Å². The number of thiophene rings is 1. The monoisotopic (exact) mass is 380 g/mol. The summed E-state index contributed by atoms with van der Waals surface area (Å²) in [6, 6.07) is 3.98. The first-order chi connectivity index (χ1) is 13.2. The third kappa shape index (κ3) is 2.62. The van der Waals surface area contributed by atoms with E-state index >= 15 is 0 Å². The second-order valence-electron chi connectivity index (χ2n) is 7.14. The minimum Gasteiger partial charge on any atom is -0.383 e. The highest BCUT2D eigenvalue weighted by molar-refractivity contribution is 7.25. The van der Waals surface area contributed by atoms with E-state index in [4.69, 9.17) is 15.5 Å². The van der Waals surface area contributed by atoms with Crippen molar-refractivity contribution >= 4 is 43.4 Å². The topological polar surface area (TPSA) is 91.3 Å². The van der Waals surface area contributed by atoms with E-state index in [0.717, 1.165) is 72.1 Å². The zero-order valence-corrected chi connectivity index (χ0v) is 16.0. The first-order valence-electron chi connectivity index (χ1n) is 9.11. The lowest BCUT2D eigenvalue weighted by molar-refractivity contribution is 0.122. The normalized spacial score (nSPS) is 18.0. The summed E-state index contributed by atoms with van der Waals surface area (Å²) >= 11 is 1.60. The van der Waals surface area contributed by atoms with Gasteiger partial charge in [-0.15, -0.1) is 11.3 Å². The van der Waals surface area contributed by atoms with Gasteiger partial charge in [-0.25, -0.2) is 9.97 Å². The Labute approximate surface area is 161 Å². The van der Waals surface area contributed by atoms with Crippen LogP contribution in [0.3, 0.4) is 0 Å². The molecule has 0 saturated carbocycles. The van der Waals surface area contributed by atoms with E-state index < -0.39 is 0 Å². The lowest BCUT2D eigenvalue weighted by Gasteiger charge is -2.33. The smallest absolute Gasteiger partial charge is 0.142 e. The predicted octanol–water partition coefficient (Wildman–Crippen LogP) is 2.12. The Hall–Kier alpha value is -2.47. The van der Waals surface area contributed by atoms with Crippen LogP contribution in [0.4, 0.5) is 11.6 Å². The maximum Gasteiger partial charge on any atom is 0.142 e. The Morgan fingerprint density at radius 2 is 2.04 bits per heavy atom. The van der Waals surface area contributed by atoms with Crippen molar-refractivity contribution in [2.75, 3.05) is 50.5 Å². The Kier molecular flexibility index (Phi) is 3.90. The standard InChI is InChI=1S/C19H20N6OS/c1-24-3-2-12-13(10-24)18(25-4-6-26-7-5-25)23-19-15(12)16-14(27-19)8-11(9-20)17(21)22-16/h8H,2-7,10H2,1H3,(H2,21,22). The van der Waals surface area contributed by atoms with Crippen LogP contribution in [0, 0.1) is 11.3 Å². The van der Waals surface area contributed by atoms with Crippen molar-refractivity contribution in [3.63, 3.8) is 0 Å². The fourth-order valence-electron chi connectivity index (χ4n) is 4.04. The molecule has 138 valence electrons. The molecule has 5 rings (SSSR count). The van der Waals surface area contributed by atoms with Crippen LogP contribution in [0.25, 0.3) is 20.4 Å². The number of ether oxygens (including phenoxy) is 1. The number of rotatable bonds is 1. The molecule has 0 spiro atoms. The molecule has 3 aromatic heterocycles. The second-order valence-corrected chi connectivity index (χ2v) is 8.17. The highest BCUT2D eigenvalue weighted by atomic mass is 32.1. The van der Waals surface area contributed by atoms with Crippen LogP contribution in [0.15, 0.2) is 6.07 Å². The number of nitrogen functional groups attached to an aromatic ring is 1. The van der Waals surface area contributed by atoms with Crippen molar-refractivity contribution in [2.45, 2.75) is 13.0 Å². The molecule has 2 aliphatic rings. The first-order valence-corrected chi connectivity index (χ1v) is 9.93. The van der Waals surface area contributed by atoms with E-state index in [-0.39, 0.29) is 0 Å². The van der Waals surface area contributed by atoms with E-state index in [1.807, 2.05) is 6.07 Å². The number of pyridine rings is 2. The molecular formula is C19H20N6OS. The Morgan fingerprint density at radius 3 is 2.81 bits per heavy atom. The summed E-state index contributed by atoms with van der Waals surface area (Å²) in [5.41, 5.74) is 9.95. The largest absolute Gasteiger partial charge is 0.383 e. The van der Waals surface area contributed by atoms with Gasteiger partial charge in [0, 0.05) is 37.1 Å². The minimum atomic E-state index is 0.295. The highest BCUT2D eigenvalue weighted by Gasteiger charge is 2.27. The van der Waals surface area contributed by atoms with Gasteiger partial charge in [-0.1, -0.05) is 0 Å². The van der Waals surface area contributed by atoms with Crippen LogP contribution in [-0.2, 0) is 17.7 Å². The van der Waals surface area contributed by atoms with Crippen LogP contribution >= 0.6 is 11.3 Å². The number of nitrogens with two attached hydrogens (primary N) is 1. The van der Waals surface area contributed by atoms with Gasteiger partial charge in [-0.3, -0.25) is 0 Å². The average Bonchev–Trinajstić information content (AvgIpc) is 3.04. The van der Waals surface area contributed by atoms with Crippen molar-refractivity contribution in [1.29, 1.82) is 5.26 Å². The maximum atomic E-state index is 9.28. The van der Waals surface area contributed by atoms with Gasteiger partial charge in [0.25, 0.3) is 0 Å². The quantitative estimate of drug-likeness (QED) is 0.691. The minimum absolute atomic E-state index is 0.295. The summed E-state index contributed by atoms with van der Waals surface area (Å²) in [5.74, 6) is 1.37. The predicted molar refractivity (Wildman–Crippen MR) is 107 cm³/mol. The SMILES string of the molecule is CN1CCc2c(c(N3CCOCC3)nc3sc4cc(C#N)c(N)nc4c23)C1. The van der Waals surface area contributed by atoms with Gasteiger partial charge in [0.05, 0.1) is 29.0 Å². The molecule has 1 saturated heterocycles. The summed E-state index contributed by atoms with van der Waals surface area (Å²) in [5, 5.41) is 10.4. The maximum absolute atomic E-state index is 9.28. The molecular weight excluding hydrogens is 360 g/mol. The highest BCUT2D eigenvalue weighted by Crippen LogP contribution is 2.41. The molecule has 1 fully saturated rings. The van der Waals surface area contributed by atoms with E-state index in [9.17, 15) is 5.26 Å².